The molecule has 0 fully saturated rings. The summed E-state index contributed by atoms with van der Waals surface area (Å²) in [7, 11) is 1.96. The molecule has 19 heavy (non-hydrogen) atoms. The summed E-state index contributed by atoms with van der Waals surface area (Å²) in [6.45, 7) is 0.488. The minimum absolute atomic E-state index is 0.488. The van der Waals surface area contributed by atoms with Crippen LogP contribution in [-0.2, 0) is 13.7 Å². The van der Waals surface area contributed by atoms with Crippen LogP contribution in [0.4, 0.5) is 0 Å². The van der Waals surface area contributed by atoms with Crippen molar-refractivity contribution in [2.75, 3.05) is 0 Å². The van der Waals surface area contributed by atoms with E-state index in [0.717, 1.165) is 22.3 Å². The van der Waals surface area contributed by atoms with Crippen LogP contribution in [0.5, 0.6) is 5.75 Å². The van der Waals surface area contributed by atoms with E-state index in [1.54, 1.807) is 0 Å². The van der Waals surface area contributed by atoms with E-state index in [1.807, 2.05) is 48.1 Å². The third-order valence-corrected chi connectivity index (χ3v) is 3.74. The van der Waals surface area contributed by atoms with Gasteiger partial charge in [-0.2, -0.15) is 5.10 Å². The molecule has 4 heteroatoms. The van der Waals surface area contributed by atoms with Crippen LogP contribution in [0.25, 0.3) is 10.9 Å². The molecule has 0 atom stereocenters. The Morgan fingerprint density at radius 3 is 2.63 bits per heavy atom. The number of hydrogen-bond acceptors (Lipinski definition) is 2. The van der Waals surface area contributed by atoms with E-state index in [0.29, 0.717) is 6.61 Å². The van der Waals surface area contributed by atoms with E-state index < -0.39 is 0 Å². The van der Waals surface area contributed by atoms with Gasteiger partial charge >= 0.3 is 0 Å². The van der Waals surface area contributed by atoms with Crippen LogP contribution in [-0.4, -0.2) is 9.78 Å². The molecule has 2 aromatic carbocycles. The second-order valence-electron chi connectivity index (χ2n) is 4.33. The number of hydrogen-bond donors (Lipinski definition) is 0. The summed E-state index contributed by atoms with van der Waals surface area (Å²) < 4.78 is 8.88. The van der Waals surface area contributed by atoms with Crippen LogP contribution in [0.2, 0.25) is 0 Å². The molecule has 1 heterocycles. The van der Waals surface area contributed by atoms with Gasteiger partial charge in [-0.1, -0.05) is 18.2 Å². The highest BCUT2D eigenvalue weighted by Gasteiger charge is 2.08. The molecule has 0 bridgehead atoms. The van der Waals surface area contributed by atoms with Crippen LogP contribution in [0, 0.1) is 3.57 Å². The number of para-hydroxylation sites is 1. The lowest BCUT2D eigenvalue weighted by Crippen LogP contribution is -1.98. The lowest BCUT2D eigenvalue weighted by molar-refractivity contribution is 0.301. The highest BCUT2D eigenvalue weighted by Crippen LogP contribution is 2.20. The second-order valence-corrected chi connectivity index (χ2v) is 5.58. The highest BCUT2D eigenvalue weighted by molar-refractivity contribution is 14.1. The van der Waals surface area contributed by atoms with E-state index in [1.165, 1.54) is 3.57 Å². The molecule has 1 aromatic heterocycles. The number of benzene rings is 2. The number of fused-ring (bicyclic) bond motifs is 1. The molecule has 3 aromatic rings. The van der Waals surface area contributed by atoms with Crippen molar-refractivity contribution in [3.8, 4) is 5.75 Å². The minimum Gasteiger partial charge on any atom is -0.487 e. The molecule has 0 spiro atoms. The topological polar surface area (TPSA) is 27.1 Å². The van der Waals surface area contributed by atoms with Gasteiger partial charge in [0.15, 0.2) is 0 Å². The average Bonchev–Trinajstić information content (AvgIpc) is 2.76. The molecule has 0 aliphatic heterocycles. The smallest absolute Gasteiger partial charge is 0.133 e. The quantitative estimate of drug-likeness (QED) is 0.662. The molecular formula is C15H13IN2O. The fourth-order valence-corrected chi connectivity index (χ4v) is 2.44. The molecule has 0 aliphatic carbocycles. The number of aromatic nitrogens is 2. The first kappa shape index (κ1) is 12.5. The Labute approximate surface area is 125 Å². The van der Waals surface area contributed by atoms with Gasteiger partial charge in [0.05, 0.1) is 5.52 Å². The van der Waals surface area contributed by atoms with Gasteiger partial charge < -0.3 is 4.74 Å². The van der Waals surface area contributed by atoms with Crippen molar-refractivity contribution in [2.45, 2.75) is 6.61 Å². The average molecular weight is 364 g/mol. The first-order valence-electron chi connectivity index (χ1n) is 6.03. The third kappa shape index (κ3) is 2.58. The van der Waals surface area contributed by atoms with Gasteiger partial charge in [-0.25, -0.2) is 0 Å². The molecule has 0 unspecified atom stereocenters. The monoisotopic (exact) mass is 364 g/mol. The Hall–Kier alpha value is -1.56. The molecule has 0 amide bonds. The van der Waals surface area contributed by atoms with Crippen molar-refractivity contribution in [3.05, 3.63) is 57.8 Å². The molecular weight excluding hydrogens is 351 g/mol. The summed E-state index contributed by atoms with van der Waals surface area (Å²) in [5.41, 5.74) is 2.10. The van der Waals surface area contributed by atoms with Crippen molar-refractivity contribution >= 4 is 33.5 Å². The number of halogens is 1. The zero-order valence-corrected chi connectivity index (χ0v) is 12.7. The summed E-state index contributed by atoms with van der Waals surface area (Å²) in [6, 6.07) is 16.2. The molecule has 0 saturated carbocycles. The number of aryl methyl sites for hydroxylation is 1. The fourth-order valence-electron chi connectivity index (χ4n) is 2.08. The van der Waals surface area contributed by atoms with E-state index in [4.69, 9.17) is 4.74 Å². The normalized spacial score (nSPS) is 10.8. The third-order valence-electron chi connectivity index (χ3n) is 3.02. The molecule has 3 nitrogen and oxygen atoms in total. The second kappa shape index (κ2) is 5.21. The number of ether oxygens (including phenoxy) is 1. The number of nitrogens with zero attached hydrogens (tertiary/aromatic N) is 2. The minimum atomic E-state index is 0.488. The van der Waals surface area contributed by atoms with Gasteiger partial charge in [0.2, 0.25) is 0 Å². The summed E-state index contributed by atoms with van der Waals surface area (Å²) in [6.07, 6.45) is 0. The molecule has 0 radical (unpaired) electrons. The van der Waals surface area contributed by atoms with Gasteiger partial charge in [-0.15, -0.1) is 0 Å². The maximum absolute atomic E-state index is 5.79. The van der Waals surface area contributed by atoms with E-state index in [9.17, 15) is 0 Å². The summed E-state index contributed by atoms with van der Waals surface area (Å²) >= 11 is 2.28. The predicted molar refractivity (Wildman–Crippen MR) is 84.2 cm³/mol. The van der Waals surface area contributed by atoms with Gasteiger partial charge in [0.25, 0.3) is 0 Å². The van der Waals surface area contributed by atoms with Gasteiger partial charge in [0, 0.05) is 16.0 Å². The summed E-state index contributed by atoms with van der Waals surface area (Å²) in [5, 5.41) is 5.66. The first-order chi connectivity index (χ1) is 9.24. The molecule has 0 saturated heterocycles. The van der Waals surface area contributed by atoms with Crippen LogP contribution in [0.1, 0.15) is 5.69 Å². The molecule has 0 aliphatic rings. The molecule has 3 rings (SSSR count). The Bertz CT molecular complexity index is 704. The van der Waals surface area contributed by atoms with E-state index in [-0.39, 0.29) is 0 Å². The van der Waals surface area contributed by atoms with Gasteiger partial charge in [0.1, 0.15) is 18.1 Å². The predicted octanol–water partition coefficient (Wildman–Crippen LogP) is 3.76. The van der Waals surface area contributed by atoms with Gasteiger partial charge in [-0.3, -0.25) is 4.68 Å². The summed E-state index contributed by atoms with van der Waals surface area (Å²) in [4.78, 5) is 0. The maximum Gasteiger partial charge on any atom is 0.133 e. The van der Waals surface area contributed by atoms with Gasteiger partial charge in [-0.05, 0) is 52.9 Å². The number of rotatable bonds is 3. The largest absolute Gasteiger partial charge is 0.487 e. The lowest BCUT2D eigenvalue weighted by Gasteiger charge is -2.04. The Kier molecular flexibility index (Phi) is 3.42. The standard InChI is InChI=1S/C15H13IN2O/c1-18-15-5-3-2-4-13(15)14(17-18)10-19-12-8-6-11(16)7-9-12/h2-9H,10H2,1H3. The van der Waals surface area contributed by atoms with Crippen molar-refractivity contribution in [2.24, 2.45) is 7.05 Å². The lowest BCUT2D eigenvalue weighted by atomic mass is 10.2. The Balaban J connectivity index is 1.84. The van der Waals surface area contributed by atoms with Crippen molar-refractivity contribution < 1.29 is 4.74 Å². The first-order valence-corrected chi connectivity index (χ1v) is 7.11. The highest BCUT2D eigenvalue weighted by atomic mass is 127. The van der Waals surface area contributed by atoms with Crippen LogP contribution < -0.4 is 4.74 Å². The Morgan fingerprint density at radius 2 is 1.84 bits per heavy atom. The van der Waals surface area contributed by atoms with Crippen LogP contribution in [0.3, 0.4) is 0 Å². The van der Waals surface area contributed by atoms with Crippen LogP contribution >= 0.6 is 22.6 Å². The maximum atomic E-state index is 5.79. The van der Waals surface area contributed by atoms with E-state index >= 15 is 0 Å². The zero-order valence-electron chi connectivity index (χ0n) is 10.5. The van der Waals surface area contributed by atoms with Crippen molar-refractivity contribution in [1.29, 1.82) is 0 Å². The zero-order chi connectivity index (χ0) is 13.2. The Morgan fingerprint density at radius 1 is 1.11 bits per heavy atom. The summed E-state index contributed by atoms with van der Waals surface area (Å²) in [5.74, 6) is 0.871. The van der Waals surface area contributed by atoms with Crippen LogP contribution in [0.15, 0.2) is 48.5 Å². The van der Waals surface area contributed by atoms with E-state index in [2.05, 4.69) is 39.8 Å². The van der Waals surface area contributed by atoms with Crippen molar-refractivity contribution in [1.82, 2.24) is 9.78 Å². The SMILES string of the molecule is Cn1nc(COc2ccc(I)cc2)c2ccccc21. The molecule has 0 N–H and O–H groups in total. The van der Waals surface area contributed by atoms with Crippen molar-refractivity contribution in [3.63, 3.8) is 0 Å². The molecule has 96 valence electrons. The fraction of sp³-hybridized carbons (Fsp3) is 0.133.